The second-order valence-corrected chi connectivity index (χ2v) is 5.47. The van der Waals surface area contributed by atoms with Crippen LogP contribution in [0.2, 0.25) is 0 Å². The Morgan fingerprint density at radius 2 is 1.86 bits per heavy atom. The average Bonchev–Trinajstić information content (AvgIpc) is 2.45. The number of hydrogen-bond donors (Lipinski definition) is 0. The van der Waals surface area contributed by atoms with E-state index in [-0.39, 0.29) is 30.3 Å². The Morgan fingerprint density at radius 1 is 1.29 bits per heavy atom. The zero-order chi connectivity index (χ0) is 15.4. The van der Waals surface area contributed by atoms with E-state index in [4.69, 9.17) is 4.74 Å². The zero-order valence-electron chi connectivity index (χ0n) is 12.3. The van der Waals surface area contributed by atoms with Gasteiger partial charge < -0.3 is 9.64 Å². The zero-order valence-corrected chi connectivity index (χ0v) is 12.3. The van der Waals surface area contributed by atoms with Gasteiger partial charge in [0.15, 0.2) is 6.61 Å². The Labute approximate surface area is 123 Å². The molecule has 114 valence electrons. The van der Waals surface area contributed by atoms with Crippen LogP contribution in [-0.4, -0.2) is 34.4 Å². The predicted octanol–water partition coefficient (Wildman–Crippen LogP) is 2.76. The molecule has 0 N–H and O–H groups in total. The molecule has 6 nitrogen and oxygen atoms in total. The van der Waals surface area contributed by atoms with Gasteiger partial charge in [-0.3, -0.25) is 14.9 Å². The number of amides is 1. The van der Waals surface area contributed by atoms with Crippen molar-refractivity contribution in [1.82, 2.24) is 4.90 Å². The molecule has 1 heterocycles. The number of hydrogen-bond acceptors (Lipinski definition) is 4. The van der Waals surface area contributed by atoms with Crippen molar-refractivity contribution < 1.29 is 14.5 Å². The van der Waals surface area contributed by atoms with Crippen molar-refractivity contribution in [2.24, 2.45) is 0 Å². The molecule has 0 aliphatic carbocycles. The molecule has 1 amide bonds. The van der Waals surface area contributed by atoms with E-state index in [2.05, 4.69) is 13.8 Å². The maximum atomic E-state index is 12.3. The number of ether oxygens (including phenoxy) is 1. The third-order valence-electron chi connectivity index (χ3n) is 3.89. The van der Waals surface area contributed by atoms with Crippen molar-refractivity contribution in [2.75, 3.05) is 6.61 Å². The summed E-state index contributed by atoms with van der Waals surface area (Å²) in [5, 5.41) is 10.6. The fraction of sp³-hybridized carbons (Fsp3) is 0.533. The summed E-state index contributed by atoms with van der Waals surface area (Å²) in [6.07, 6.45) is 3.19. The van der Waals surface area contributed by atoms with E-state index in [9.17, 15) is 14.9 Å². The molecule has 1 fully saturated rings. The summed E-state index contributed by atoms with van der Waals surface area (Å²) >= 11 is 0. The number of carbonyl (C=O) groups is 1. The van der Waals surface area contributed by atoms with E-state index >= 15 is 0 Å². The van der Waals surface area contributed by atoms with Gasteiger partial charge in [-0.25, -0.2) is 0 Å². The maximum absolute atomic E-state index is 12.3. The van der Waals surface area contributed by atoms with Gasteiger partial charge in [0.05, 0.1) is 4.92 Å². The predicted molar refractivity (Wildman–Crippen MR) is 78.2 cm³/mol. The molecule has 0 aromatic heterocycles. The number of benzene rings is 1. The lowest BCUT2D eigenvalue weighted by atomic mass is 9.97. The molecule has 1 saturated heterocycles. The summed E-state index contributed by atoms with van der Waals surface area (Å²) in [5.41, 5.74) is 0.00644. The average molecular weight is 292 g/mol. The van der Waals surface area contributed by atoms with Crippen LogP contribution in [0.5, 0.6) is 5.75 Å². The van der Waals surface area contributed by atoms with Gasteiger partial charge in [-0.05, 0) is 45.2 Å². The molecular formula is C15H20N2O4. The van der Waals surface area contributed by atoms with Crippen molar-refractivity contribution in [3.05, 3.63) is 34.4 Å². The molecule has 2 rings (SSSR count). The highest BCUT2D eigenvalue weighted by atomic mass is 16.6. The first-order valence-corrected chi connectivity index (χ1v) is 7.17. The third kappa shape index (κ3) is 3.71. The molecule has 2 unspecified atom stereocenters. The number of piperidine rings is 1. The Bertz CT molecular complexity index is 505. The second kappa shape index (κ2) is 6.56. The third-order valence-corrected chi connectivity index (χ3v) is 3.89. The first kappa shape index (κ1) is 15.3. The number of nitro benzene ring substituents is 1. The highest BCUT2D eigenvalue weighted by Gasteiger charge is 2.28. The molecule has 1 aromatic rings. The minimum Gasteiger partial charge on any atom is -0.484 e. The molecule has 0 saturated carbocycles. The van der Waals surface area contributed by atoms with Gasteiger partial charge in [-0.15, -0.1) is 0 Å². The number of rotatable bonds is 4. The van der Waals surface area contributed by atoms with E-state index in [1.807, 2.05) is 4.90 Å². The van der Waals surface area contributed by atoms with Crippen molar-refractivity contribution in [3.63, 3.8) is 0 Å². The second-order valence-electron chi connectivity index (χ2n) is 5.47. The van der Waals surface area contributed by atoms with E-state index < -0.39 is 4.92 Å². The molecule has 1 aliphatic heterocycles. The Balaban J connectivity index is 1.92. The van der Waals surface area contributed by atoms with Crippen LogP contribution in [0.4, 0.5) is 5.69 Å². The summed E-state index contributed by atoms with van der Waals surface area (Å²) < 4.78 is 5.44. The first-order chi connectivity index (χ1) is 9.99. The highest BCUT2D eigenvalue weighted by molar-refractivity contribution is 5.78. The quantitative estimate of drug-likeness (QED) is 0.632. The topological polar surface area (TPSA) is 72.7 Å². The van der Waals surface area contributed by atoms with Crippen LogP contribution in [0.25, 0.3) is 0 Å². The number of carbonyl (C=O) groups excluding carboxylic acids is 1. The molecule has 0 radical (unpaired) electrons. The van der Waals surface area contributed by atoms with Gasteiger partial charge in [-0.2, -0.15) is 0 Å². The lowest BCUT2D eigenvalue weighted by Crippen LogP contribution is -2.49. The number of nitro groups is 1. The maximum Gasteiger partial charge on any atom is 0.269 e. The van der Waals surface area contributed by atoms with Crippen LogP contribution < -0.4 is 4.74 Å². The molecule has 21 heavy (non-hydrogen) atoms. The van der Waals surface area contributed by atoms with Gasteiger partial charge in [-0.1, -0.05) is 0 Å². The van der Waals surface area contributed by atoms with Crippen LogP contribution in [0.1, 0.15) is 33.1 Å². The molecule has 1 aliphatic rings. The lowest BCUT2D eigenvalue weighted by Gasteiger charge is -2.38. The molecular weight excluding hydrogens is 272 g/mol. The summed E-state index contributed by atoms with van der Waals surface area (Å²) in [6, 6.07) is 6.23. The smallest absolute Gasteiger partial charge is 0.269 e. The van der Waals surface area contributed by atoms with Gasteiger partial charge in [0.1, 0.15) is 5.75 Å². The highest BCUT2D eigenvalue weighted by Crippen LogP contribution is 2.23. The summed E-state index contributed by atoms with van der Waals surface area (Å²) in [5.74, 6) is 0.430. The molecule has 2 atom stereocenters. The molecule has 6 heteroatoms. The summed E-state index contributed by atoms with van der Waals surface area (Å²) in [6.45, 7) is 4.07. The minimum atomic E-state index is -0.466. The van der Waals surface area contributed by atoms with Gasteiger partial charge in [0, 0.05) is 24.2 Å². The molecule has 0 bridgehead atoms. The van der Waals surface area contributed by atoms with E-state index in [0.717, 1.165) is 19.3 Å². The Kier molecular flexibility index (Phi) is 4.77. The van der Waals surface area contributed by atoms with Crippen LogP contribution in [0, 0.1) is 10.1 Å². The normalized spacial score (nSPS) is 21.9. The van der Waals surface area contributed by atoms with Gasteiger partial charge >= 0.3 is 0 Å². The Morgan fingerprint density at radius 3 is 2.38 bits per heavy atom. The largest absolute Gasteiger partial charge is 0.484 e. The van der Waals surface area contributed by atoms with E-state index in [1.165, 1.54) is 24.3 Å². The van der Waals surface area contributed by atoms with E-state index in [1.54, 1.807) is 0 Å². The molecule has 0 spiro atoms. The number of nitrogens with zero attached hydrogens (tertiary/aromatic N) is 2. The van der Waals surface area contributed by atoms with Crippen molar-refractivity contribution in [3.8, 4) is 5.75 Å². The summed E-state index contributed by atoms with van der Waals surface area (Å²) in [7, 11) is 0. The van der Waals surface area contributed by atoms with Crippen LogP contribution in [-0.2, 0) is 4.79 Å². The van der Waals surface area contributed by atoms with Gasteiger partial charge in [0.2, 0.25) is 0 Å². The van der Waals surface area contributed by atoms with E-state index in [0.29, 0.717) is 5.75 Å². The fourth-order valence-electron chi connectivity index (χ4n) is 2.80. The van der Waals surface area contributed by atoms with Crippen molar-refractivity contribution in [2.45, 2.75) is 45.2 Å². The number of likely N-dealkylation sites (tertiary alicyclic amines) is 1. The Hall–Kier alpha value is -2.11. The molecule has 1 aromatic carbocycles. The SMILES string of the molecule is CC1CCCC(C)N1C(=O)COc1ccc([N+](=O)[O-])cc1. The fourth-order valence-corrected chi connectivity index (χ4v) is 2.80. The first-order valence-electron chi connectivity index (χ1n) is 7.17. The standard InChI is InChI=1S/C15H20N2O4/c1-11-4-3-5-12(2)16(11)15(18)10-21-14-8-6-13(7-9-14)17(19)20/h6-9,11-12H,3-5,10H2,1-2H3. The minimum absolute atomic E-state index is 0.00644. The van der Waals surface area contributed by atoms with Crippen LogP contribution >= 0.6 is 0 Å². The monoisotopic (exact) mass is 292 g/mol. The van der Waals surface area contributed by atoms with Gasteiger partial charge in [0.25, 0.3) is 11.6 Å². The lowest BCUT2D eigenvalue weighted by molar-refractivity contribution is -0.384. The van der Waals surface area contributed by atoms with Crippen molar-refractivity contribution in [1.29, 1.82) is 0 Å². The van der Waals surface area contributed by atoms with Crippen LogP contribution in [0.3, 0.4) is 0 Å². The van der Waals surface area contributed by atoms with Crippen molar-refractivity contribution >= 4 is 11.6 Å². The summed E-state index contributed by atoms with van der Waals surface area (Å²) in [4.78, 5) is 24.2. The number of non-ortho nitro benzene ring substituents is 1. The van der Waals surface area contributed by atoms with Crippen LogP contribution in [0.15, 0.2) is 24.3 Å².